The SMILES string of the molecule is N#Cc1cccn1-c1ccc(N)c(N)c1. The van der Waals surface area contributed by atoms with E-state index in [2.05, 4.69) is 6.07 Å². The van der Waals surface area contributed by atoms with Gasteiger partial charge in [-0.15, -0.1) is 0 Å². The fourth-order valence-electron chi connectivity index (χ4n) is 1.41. The molecule has 1 aromatic carbocycles. The van der Waals surface area contributed by atoms with E-state index < -0.39 is 0 Å². The molecule has 0 atom stereocenters. The molecule has 2 rings (SSSR count). The van der Waals surface area contributed by atoms with E-state index in [1.807, 2.05) is 18.3 Å². The molecule has 4 N–H and O–H groups in total. The summed E-state index contributed by atoms with van der Waals surface area (Å²) in [6, 6.07) is 11.0. The first-order chi connectivity index (χ1) is 7.22. The van der Waals surface area contributed by atoms with E-state index >= 15 is 0 Å². The number of rotatable bonds is 1. The number of benzene rings is 1. The van der Waals surface area contributed by atoms with Gasteiger partial charge in [-0.25, -0.2) is 0 Å². The van der Waals surface area contributed by atoms with Crippen LogP contribution in [0.4, 0.5) is 11.4 Å². The highest BCUT2D eigenvalue weighted by atomic mass is 15.0. The summed E-state index contributed by atoms with van der Waals surface area (Å²) in [5.74, 6) is 0. The highest BCUT2D eigenvalue weighted by Gasteiger charge is 2.03. The summed E-state index contributed by atoms with van der Waals surface area (Å²) in [6.07, 6.45) is 1.81. The molecule has 0 spiro atoms. The summed E-state index contributed by atoms with van der Waals surface area (Å²) >= 11 is 0. The minimum absolute atomic E-state index is 0.519. The lowest BCUT2D eigenvalue weighted by Crippen LogP contribution is -1.99. The van der Waals surface area contributed by atoms with Crippen molar-refractivity contribution in [1.29, 1.82) is 5.26 Å². The normalized spacial score (nSPS) is 9.80. The Bertz CT molecular complexity index is 534. The van der Waals surface area contributed by atoms with E-state index in [0.717, 1.165) is 5.69 Å². The van der Waals surface area contributed by atoms with Gasteiger partial charge in [0, 0.05) is 11.9 Å². The number of nitriles is 1. The maximum Gasteiger partial charge on any atom is 0.124 e. The van der Waals surface area contributed by atoms with Crippen LogP contribution in [0.5, 0.6) is 0 Å². The molecule has 0 aliphatic carbocycles. The van der Waals surface area contributed by atoms with Crippen molar-refractivity contribution in [1.82, 2.24) is 4.57 Å². The van der Waals surface area contributed by atoms with Gasteiger partial charge >= 0.3 is 0 Å². The number of nitrogens with two attached hydrogens (primary N) is 2. The van der Waals surface area contributed by atoms with E-state index in [1.54, 1.807) is 22.8 Å². The zero-order chi connectivity index (χ0) is 10.8. The van der Waals surface area contributed by atoms with Crippen LogP contribution in [0.25, 0.3) is 5.69 Å². The van der Waals surface area contributed by atoms with Gasteiger partial charge in [0.25, 0.3) is 0 Å². The molecule has 0 aliphatic heterocycles. The molecule has 0 unspecified atom stereocenters. The molecule has 1 aromatic heterocycles. The monoisotopic (exact) mass is 198 g/mol. The van der Waals surface area contributed by atoms with Crippen molar-refractivity contribution in [3.05, 3.63) is 42.2 Å². The fourth-order valence-corrected chi connectivity index (χ4v) is 1.41. The van der Waals surface area contributed by atoms with Gasteiger partial charge in [0.2, 0.25) is 0 Å². The van der Waals surface area contributed by atoms with Gasteiger partial charge in [0.15, 0.2) is 0 Å². The number of aromatic nitrogens is 1. The van der Waals surface area contributed by atoms with Crippen molar-refractivity contribution in [3.63, 3.8) is 0 Å². The molecule has 0 saturated heterocycles. The first kappa shape index (κ1) is 9.16. The van der Waals surface area contributed by atoms with Crippen molar-refractivity contribution in [2.75, 3.05) is 11.5 Å². The topological polar surface area (TPSA) is 80.8 Å². The lowest BCUT2D eigenvalue weighted by Gasteiger charge is -2.07. The Hall–Kier alpha value is -2.41. The Morgan fingerprint density at radius 1 is 1.13 bits per heavy atom. The maximum atomic E-state index is 8.87. The predicted octanol–water partition coefficient (Wildman–Crippen LogP) is 1.51. The second kappa shape index (κ2) is 3.39. The van der Waals surface area contributed by atoms with Gasteiger partial charge in [-0.3, -0.25) is 0 Å². The third-order valence-electron chi connectivity index (χ3n) is 2.21. The van der Waals surface area contributed by atoms with Gasteiger partial charge in [-0.1, -0.05) is 0 Å². The summed E-state index contributed by atoms with van der Waals surface area (Å²) < 4.78 is 1.76. The Balaban J connectivity index is 2.56. The van der Waals surface area contributed by atoms with Gasteiger partial charge in [-0.05, 0) is 30.3 Å². The fraction of sp³-hybridized carbons (Fsp3) is 0. The van der Waals surface area contributed by atoms with Crippen molar-refractivity contribution in [3.8, 4) is 11.8 Å². The molecule has 1 heterocycles. The van der Waals surface area contributed by atoms with Crippen LogP contribution < -0.4 is 11.5 Å². The maximum absolute atomic E-state index is 8.87. The number of nitrogen functional groups attached to an aromatic ring is 2. The van der Waals surface area contributed by atoms with Crippen LogP contribution in [0, 0.1) is 11.3 Å². The molecule has 2 aromatic rings. The number of nitrogens with zero attached hydrogens (tertiary/aromatic N) is 2. The van der Waals surface area contributed by atoms with Crippen molar-refractivity contribution in [2.24, 2.45) is 0 Å². The van der Waals surface area contributed by atoms with Crippen molar-refractivity contribution in [2.45, 2.75) is 0 Å². The molecular weight excluding hydrogens is 188 g/mol. The summed E-state index contributed by atoms with van der Waals surface area (Å²) in [6.45, 7) is 0. The Morgan fingerprint density at radius 3 is 2.60 bits per heavy atom. The molecule has 74 valence electrons. The van der Waals surface area contributed by atoms with Gasteiger partial charge in [0.1, 0.15) is 11.8 Å². The second-order valence-electron chi connectivity index (χ2n) is 3.19. The predicted molar refractivity (Wildman–Crippen MR) is 59.3 cm³/mol. The lowest BCUT2D eigenvalue weighted by molar-refractivity contribution is 1.05. The minimum atomic E-state index is 0.519. The first-order valence-electron chi connectivity index (χ1n) is 4.45. The molecular formula is C11H10N4. The number of hydrogen-bond donors (Lipinski definition) is 2. The summed E-state index contributed by atoms with van der Waals surface area (Å²) in [7, 11) is 0. The molecule has 0 saturated carbocycles. The first-order valence-corrected chi connectivity index (χ1v) is 4.45. The van der Waals surface area contributed by atoms with Crippen molar-refractivity contribution < 1.29 is 0 Å². The van der Waals surface area contributed by atoms with Crippen LogP contribution in [0.2, 0.25) is 0 Å². The third kappa shape index (κ3) is 1.51. The van der Waals surface area contributed by atoms with Gasteiger partial charge < -0.3 is 16.0 Å². The van der Waals surface area contributed by atoms with Crippen LogP contribution in [-0.2, 0) is 0 Å². The molecule has 0 fully saturated rings. The molecule has 0 bridgehead atoms. The molecule has 0 amide bonds. The van der Waals surface area contributed by atoms with Crippen molar-refractivity contribution >= 4 is 11.4 Å². The standard InChI is InChI=1S/C11H10N4/c12-7-9-2-1-5-15(9)8-3-4-10(13)11(14)6-8/h1-6H,13-14H2. The van der Waals surface area contributed by atoms with E-state index in [9.17, 15) is 0 Å². The lowest BCUT2D eigenvalue weighted by atomic mass is 10.2. The third-order valence-corrected chi connectivity index (χ3v) is 2.21. The minimum Gasteiger partial charge on any atom is -0.397 e. The smallest absolute Gasteiger partial charge is 0.124 e. The highest BCUT2D eigenvalue weighted by Crippen LogP contribution is 2.20. The zero-order valence-corrected chi connectivity index (χ0v) is 8.01. The average molecular weight is 198 g/mol. The molecule has 4 nitrogen and oxygen atoms in total. The Morgan fingerprint density at radius 2 is 1.93 bits per heavy atom. The van der Waals surface area contributed by atoms with Gasteiger partial charge in [-0.2, -0.15) is 5.26 Å². The Kier molecular flexibility index (Phi) is 2.07. The van der Waals surface area contributed by atoms with Crippen LogP contribution in [0.3, 0.4) is 0 Å². The summed E-state index contributed by atoms with van der Waals surface area (Å²) in [4.78, 5) is 0. The molecule has 0 radical (unpaired) electrons. The van der Waals surface area contributed by atoms with Gasteiger partial charge in [0.05, 0.1) is 11.4 Å². The molecule has 4 heteroatoms. The summed E-state index contributed by atoms with van der Waals surface area (Å²) in [5.41, 5.74) is 13.8. The average Bonchev–Trinajstić information content (AvgIpc) is 2.70. The quantitative estimate of drug-likeness (QED) is 0.681. The summed E-state index contributed by atoms with van der Waals surface area (Å²) in [5, 5.41) is 8.87. The van der Waals surface area contributed by atoms with E-state index in [0.29, 0.717) is 17.1 Å². The van der Waals surface area contributed by atoms with Crippen LogP contribution in [0.15, 0.2) is 36.5 Å². The molecule has 15 heavy (non-hydrogen) atoms. The van der Waals surface area contributed by atoms with Crippen LogP contribution in [-0.4, -0.2) is 4.57 Å². The van der Waals surface area contributed by atoms with Crippen LogP contribution in [0.1, 0.15) is 5.69 Å². The van der Waals surface area contributed by atoms with E-state index in [-0.39, 0.29) is 0 Å². The second-order valence-corrected chi connectivity index (χ2v) is 3.19. The van der Waals surface area contributed by atoms with E-state index in [4.69, 9.17) is 16.7 Å². The Labute approximate surface area is 87.3 Å². The van der Waals surface area contributed by atoms with E-state index in [1.165, 1.54) is 0 Å². The highest BCUT2D eigenvalue weighted by molar-refractivity contribution is 5.66. The number of anilines is 2. The number of hydrogen-bond acceptors (Lipinski definition) is 3. The zero-order valence-electron chi connectivity index (χ0n) is 8.01. The molecule has 0 aliphatic rings. The largest absolute Gasteiger partial charge is 0.397 e. The van der Waals surface area contributed by atoms with Crippen LogP contribution >= 0.6 is 0 Å².